The molecule has 302 valence electrons. The van der Waals surface area contributed by atoms with E-state index in [0.29, 0.717) is 0 Å². The minimum Gasteiger partial charge on any atom is -0.310 e. The van der Waals surface area contributed by atoms with Gasteiger partial charge in [0.05, 0.1) is 0 Å². The molecule has 0 bridgehead atoms. The first-order chi connectivity index (χ1) is 28.6. The van der Waals surface area contributed by atoms with E-state index in [4.69, 9.17) is 0 Å². The van der Waals surface area contributed by atoms with Crippen LogP contribution in [0.5, 0.6) is 0 Å². The highest BCUT2D eigenvalue weighted by Crippen LogP contribution is 2.40. The van der Waals surface area contributed by atoms with E-state index in [9.17, 15) is 0 Å². The first-order valence-electron chi connectivity index (χ1n) is 21.2. The zero-order valence-electron chi connectivity index (χ0n) is 37.8. The van der Waals surface area contributed by atoms with Crippen LogP contribution in [0.25, 0.3) is 24.3 Å². The van der Waals surface area contributed by atoms with Gasteiger partial charge in [-0.1, -0.05) is 66.8 Å². The van der Waals surface area contributed by atoms with Gasteiger partial charge in [0.2, 0.25) is 0 Å². The number of rotatable bonds is 10. The third kappa shape index (κ3) is 9.56. The molecule has 7 aromatic carbocycles. The first-order valence-corrected chi connectivity index (χ1v) is 21.2. The van der Waals surface area contributed by atoms with Crippen molar-refractivity contribution in [1.29, 1.82) is 0 Å². The highest BCUT2D eigenvalue weighted by Gasteiger charge is 2.18. The molecule has 60 heavy (non-hydrogen) atoms. The molecule has 2 heteroatoms. The van der Waals surface area contributed by atoms with Crippen LogP contribution >= 0.6 is 0 Å². The summed E-state index contributed by atoms with van der Waals surface area (Å²) in [5.74, 6) is 0. The van der Waals surface area contributed by atoms with Gasteiger partial charge in [0, 0.05) is 34.1 Å². The van der Waals surface area contributed by atoms with Gasteiger partial charge in [-0.15, -0.1) is 0 Å². The Balaban J connectivity index is 1.16. The van der Waals surface area contributed by atoms with Crippen molar-refractivity contribution in [2.75, 3.05) is 9.80 Å². The van der Waals surface area contributed by atoms with Gasteiger partial charge in [0.15, 0.2) is 0 Å². The number of aryl methyl sites for hydroxylation is 12. The van der Waals surface area contributed by atoms with Crippen molar-refractivity contribution in [1.82, 2.24) is 0 Å². The molecule has 0 aromatic heterocycles. The number of anilines is 6. The maximum Gasteiger partial charge on any atom is 0.0467 e. The Morgan fingerprint density at radius 2 is 0.500 bits per heavy atom. The second-order valence-corrected chi connectivity index (χ2v) is 17.4. The standard InChI is InChI=1S/C58H60N2/c1-37-20-38(2)25-51(24-37)59(52-26-39(3)21-40(4)27-52)55-32-45(9)57(46(10)33-55)18-16-49-14-13-15-50(36-49)17-19-58-47(11)34-56(35-48(58)12)60(53-28-41(5)22-42(6)29-53)54-30-43(7)23-44(8)31-54/h13-36H,1-12H3. The second kappa shape index (κ2) is 17.5. The Hall–Kier alpha value is -6.38. The van der Waals surface area contributed by atoms with E-state index in [1.807, 2.05) is 0 Å². The van der Waals surface area contributed by atoms with Crippen LogP contribution in [-0.2, 0) is 0 Å². The monoisotopic (exact) mass is 784 g/mol. The minimum absolute atomic E-state index is 1.17. The molecular weight excluding hydrogens is 725 g/mol. The molecule has 0 N–H and O–H groups in total. The fourth-order valence-electron chi connectivity index (χ4n) is 9.03. The van der Waals surface area contributed by atoms with E-state index in [2.05, 4.69) is 239 Å². The summed E-state index contributed by atoms with van der Waals surface area (Å²) in [6.45, 7) is 26.4. The largest absolute Gasteiger partial charge is 0.310 e. The molecule has 7 rings (SSSR count). The molecule has 0 heterocycles. The predicted octanol–water partition coefficient (Wildman–Crippen LogP) is 16.7. The minimum atomic E-state index is 1.17. The Labute approximate surface area is 360 Å². The maximum absolute atomic E-state index is 2.41. The van der Waals surface area contributed by atoms with Crippen LogP contribution < -0.4 is 9.80 Å². The van der Waals surface area contributed by atoms with Crippen LogP contribution in [0.2, 0.25) is 0 Å². The quantitative estimate of drug-likeness (QED) is 0.127. The lowest BCUT2D eigenvalue weighted by Gasteiger charge is -2.28. The normalized spacial score (nSPS) is 11.5. The average Bonchev–Trinajstić information content (AvgIpc) is 3.13. The highest BCUT2D eigenvalue weighted by atomic mass is 15.1. The molecule has 2 nitrogen and oxygen atoms in total. The summed E-state index contributed by atoms with van der Waals surface area (Å²) >= 11 is 0. The molecule has 0 radical (unpaired) electrons. The van der Waals surface area contributed by atoms with Gasteiger partial charge in [-0.05, 0) is 251 Å². The van der Waals surface area contributed by atoms with E-state index < -0.39 is 0 Å². The number of nitrogens with zero attached hydrogens (tertiary/aromatic N) is 2. The lowest BCUT2D eigenvalue weighted by molar-refractivity contribution is 1.21. The lowest BCUT2D eigenvalue weighted by atomic mass is 9.98. The number of hydrogen-bond donors (Lipinski definition) is 0. The molecule has 0 unspecified atom stereocenters. The van der Waals surface area contributed by atoms with E-state index in [1.165, 1.54) is 123 Å². The first kappa shape index (κ1) is 41.8. The van der Waals surface area contributed by atoms with Crippen LogP contribution in [0.4, 0.5) is 34.1 Å². The Kier molecular flexibility index (Phi) is 12.2. The summed E-state index contributed by atoms with van der Waals surface area (Å²) < 4.78 is 0. The smallest absolute Gasteiger partial charge is 0.0467 e. The Bertz CT molecular complexity index is 2380. The Morgan fingerprint density at radius 3 is 0.750 bits per heavy atom. The fourth-order valence-corrected chi connectivity index (χ4v) is 9.03. The molecule has 0 aliphatic carbocycles. The molecule has 0 amide bonds. The van der Waals surface area contributed by atoms with Crippen LogP contribution in [0.3, 0.4) is 0 Å². The third-order valence-electron chi connectivity index (χ3n) is 11.3. The summed E-state index contributed by atoms with van der Waals surface area (Å²) in [6, 6.07) is 45.4. The third-order valence-corrected chi connectivity index (χ3v) is 11.3. The highest BCUT2D eigenvalue weighted by molar-refractivity contribution is 5.84. The molecule has 0 atom stereocenters. The Morgan fingerprint density at radius 1 is 0.267 bits per heavy atom. The summed E-state index contributed by atoms with van der Waals surface area (Å²) in [7, 11) is 0. The van der Waals surface area contributed by atoms with Gasteiger partial charge in [-0.25, -0.2) is 0 Å². The van der Waals surface area contributed by atoms with Crippen LogP contribution in [0.1, 0.15) is 89.0 Å². The summed E-state index contributed by atoms with van der Waals surface area (Å²) in [5.41, 5.74) is 27.0. The molecular formula is C58H60N2. The average molecular weight is 785 g/mol. The van der Waals surface area contributed by atoms with Gasteiger partial charge >= 0.3 is 0 Å². The van der Waals surface area contributed by atoms with Crippen molar-refractivity contribution in [2.24, 2.45) is 0 Å². The van der Waals surface area contributed by atoms with E-state index >= 15 is 0 Å². The molecule has 0 saturated carbocycles. The zero-order valence-corrected chi connectivity index (χ0v) is 37.8. The van der Waals surface area contributed by atoms with Crippen molar-refractivity contribution in [3.8, 4) is 0 Å². The van der Waals surface area contributed by atoms with Crippen molar-refractivity contribution in [2.45, 2.75) is 83.1 Å². The molecule has 0 aliphatic rings. The van der Waals surface area contributed by atoms with E-state index in [-0.39, 0.29) is 0 Å². The van der Waals surface area contributed by atoms with Crippen LogP contribution in [-0.4, -0.2) is 0 Å². The van der Waals surface area contributed by atoms with Crippen LogP contribution in [0, 0.1) is 83.1 Å². The second-order valence-electron chi connectivity index (χ2n) is 17.4. The number of benzene rings is 7. The van der Waals surface area contributed by atoms with E-state index in [1.54, 1.807) is 0 Å². The van der Waals surface area contributed by atoms with Crippen molar-refractivity contribution in [3.63, 3.8) is 0 Å². The molecule has 0 fully saturated rings. The van der Waals surface area contributed by atoms with Gasteiger partial charge in [-0.3, -0.25) is 0 Å². The van der Waals surface area contributed by atoms with Gasteiger partial charge < -0.3 is 9.80 Å². The molecule has 7 aromatic rings. The number of hydrogen-bond acceptors (Lipinski definition) is 2. The lowest BCUT2D eigenvalue weighted by Crippen LogP contribution is -2.12. The zero-order chi connectivity index (χ0) is 42.8. The van der Waals surface area contributed by atoms with Crippen molar-refractivity contribution >= 4 is 58.4 Å². The van der Waals surface area contributed by atoms with Gasteiger partial charge in [0.1, 0.15) is 0 Å². The predicted molar refractivity (Wildman–Crippen MR) is 263 cm³/mol. The van der Waals surface area contributed by atoms with Crippen molar-refractivity contribution < 1.29 is 0 Å². The fraction of sp³-hybridized carbons (Fsp3) is 0.207. The SMILES string of the molecule is Cc1cc(C)cc(N(c2cc(C)cc(C)c2)c2cc(C)c(C=Cc3cccc(C=Cc4c(C)cc(N(c5cc(C)cc(C)c5)c5cc(C)cc(C)c5)cc4C)c3)c(C)c2)c1. The summed E-state index contributed by atoms with van der Waals surface area (Å²) in [6.07, 6.45) is 9.05. The van der Waals surface area contributed by atoms with E-state index in [0.717, 1.165) is 0 Å². The van der Waals surface area contributed by atoms with Gasteiger partial charge in [0.25, 0.3) is 0 Å². The van der Waals surface area contributed by atoms with Crippen molar-refractivity contribution in [3.05, 3.63) is 210 Å². The molecule has 0 aliphatic heterocycles. The van der Waals surface area contributed by atoms with Crippen LogP contribution in [0.15, 0.2) is 121 Å². The molecule has 0 spiro atoms. The van der Waals surface area contributed by atoms with Gasteiger partial charge in [-0.2, -0.15) is 0 Å². The molecule has 0 saturated heterocycles. The maximum atomic E-state index is 2.41. The topological polar surface area (TPSA) is 6.48 Å². The summed E-state index contributed by atoms with van der Waals surface area (Å²) in [4.78, 5) is 4.82. The summed E-state index contributed by atoms with van der Waals surface area (Å²) in [5, 5.41) is 0.